The minimum Gasteiger partial charge on any atom is -0.494 e. The zero-order valence-electron chi connectivity index (χ0n) is 8.06. The molecule has 0 aliphatic heterocycles. The van der Waals surface area contributed by atoms with E-state index in [9.17, 15) is 12.9 Å². The maximum atomic E-state index is 12.4. The highest BCUT2D eigenvalue weighted by atomic mass is 19.4. The van der Waals surface area contributed by atoms with Crippen molar-refractivity contribution in [3.63, 3.8) is 0 Å². The van der Waals surface area contributed by atoms with Crippen molar-refractivity contribution in [3.05, 3.63) is 23.8 Å². The van der Waals surface area contributed by atoms with E-state index >= 15 is 0 Å². The molecule has 78 valence electrons. The Morgan fingerprint density at radius 3 is 2.36 bits per heavy atom. The van der Waals surface area contributed by atoms with E-state index in [1.165, 1.54) is 19.1 Å². The van der Waals surface area contributed by atoms with Crippen molar-refractivity contribution in [1.82, 2.24) is 0 Å². The van der Waals surface area contributed by atoms with Gasteiger partial charge in [0.2, 0.25) is 0 Å². The average Bonchev–Trinajstić information content (AvgIpc) is 2.02. The van der Waals surface area contributed by atoms with E-state index in [-0.39, 0.29) is 5.56 Å². The molecule has 1 aromatic carbocycles. The molecule has 0 N–H and O–H groups in total. The van der Waals surface area contributed by atoms with Crippen LogP contribution in [-0.4, -0.2) is 13.6 Å². The first kappa shape index (κ1) is 11.0. The van der Waals surface area contributed by atoms with Gasteiger partial charge in [-0.15, -0.1) is 5.46 Å². The number of hydrogen-bond donors (Lipinski definition) is 0. The first-order chi connectivity index (χ1) is 6.45. The largest absolute Gasteiger partial charge is 0.509 e. The minimum absolute atomic E-state index is 0.212. The molecule has 1 nitrogen and oxygen atoms in total. The van der Waals surface area contributed by atoms with Crippen molar-refractivity contribution in [3.8, 4) is 5.75 Å². The molecular formula is C9H11BF3O-. The number of benzene rings is 1. The van der Waals surface area contributed by atoms with Crippen molar-refractivity contribution in [2.45, 2.75) is 13.8 Å². The lowest BCUT2D eigenvalue weighted by atomic mass is 9.77. The summed E-state index contributed by atoms with van der Waals surface area (Å²) in [5.74, 6) is 0.480. The van der Waals surface area contributed by atoms with Crippen LogP contribution in [0.3, 0.4) is 0 Å². The van der Waals surface area contributed by atoms with E-state index in [4.69, 9.17) is 4.74 Å². The Hall–Kier alpha value is -1.13. The molecular weight excluding hydrogens is 192 g/mol. The van der Waals surface area contributed by atoms with Gasteiger partial charge >= 0.3 is 6.98 Å². The van der Waals surface area contributed by atoms with Gasteiger partial charge < -0.3 is 17.7 Å². The Kier molecular flexibility index (Phi) is 3.08. The Morgan fingerprint density at radius 1 is 1.29 bits per heavy atom. The molecule has 0 amide bonds. The molecule has 0 aliphatic carbocycles. The first-order valence-electron chi connectivity index (χ1n) is 4.38. The van der Waals surface area contributed by atoms with Gasteiger partial charge in [-0.2, -0.15) is 0 Å². The molecule has 1 rings (SSSR count). The highest BCUT2D eigenvalue weighted by Gasteiger charge is 2.27. The summed E-state index contributed by atoms with van der Waals surface area (Å²) < 4.78 is 42.3. The van der Waals surface area contributed by atoms with Gasteiger partial charge in [-0.3, -0.25) is 0 Å². The van der Waals surface area contributed by atoms with Crippen LogP contribution < -0.4 is 10.2 Å². The highest BCUT2D eigenvalue weighted by Crippen LogP contribution is 2.17. The summed E-state index contributed by atoms with van der Waals surface area (Å²) >= 11 is 0. The Morgan fingerprint density at radius 2 is 1.93 bits per heavy atom. The number of rotatable bonds is 3. The maximum absolute atomic E-state index is 12.4. The van der Waals surface area contributed by atoms with Crippen molar-refractivity contribution < 1.29 is 17.7 Å². The highest BCUT2D eigenvalue weighted by molar-refractivity contribution is 6.74. The summed E-state index contributed by atoms with van der Waals surface area (Å²) in [6.07, 6.45) is 0. The summed E-state index contributed by atoms with van der Waals surface area (Å²) in [6.45, 7) is -1.23. The van der Waals surface area contributed by atoms with Gasteiger partial charge in [0.1, 0.15) is 5.75 Å². The van der Waals surface area contributed by atoms with Gasteiger partial charge in [0.25, 0.3) is 0 Å². The van der Waals surface area contributed by atoms with Gasteiger partial charge in [-0.05, 0) is 26.0 Å². The molecule has 0 saturated carbocycles. The molecule has 0 aromatic heterocycles. The molecule has 0 fully saturated rings. The van der Waals surface area contributed by atoms with Crippen LogP contribution in [0.5, 0.6) is 5.75 Å². The Labute approximate surface area is 80.9 Å². The van der Waals surface area contributed by atoms with Crippen LogP contribution in [0.4, 0.5) is 12.9 Å². The molecule has 0 heterocycles. The van der Waals surface area contributed by atoms with Gasteiger partial charge in [0.15, 0.2) is 0 Å². The van der Waals surface area contributed by atoms with Crippen LogP contribution in [0.1, 0.15) is 12.5 Å². The number of aryl methyl sites for hydroxylation is 1. The van der Waals surface area contributed by atoms with Gasteiger partial charge in [0, 0.05) is 0 Å². The van der Waals surface area contributed by atoms with E-state index in [2.05, 4.69) is 0 Å². The standard InChI is InChI=1S/C9H11BF3O/c1-3-14-8-4-5-9(7(2)6-8)10(11,12)13/h4-6H,3H2,1-2H3/q-1. The summed E-state index contributed by atoms with van der Waals surface area (Å²) in [5, 5.41) is 0. The van der Waals surface area contributed by atoms with E-state index in [0.29, 0.717) is 12.4 Å². The molecule has 5 heteroatoms. The lowest BCUT2D eigenvalue weighted by Crippen LogP contribution is -2.35. The van der Waals surface area contributed by atoms with Gasteiger partial charge in [0.05, 0.1) is 6.61 Å². The van der Waals surface area contributed by atoms with Crippen molar-refractivity contribution >= 4 is 12.4 Å². The molecule has 0 aliphatic rings. The van der Waals surface area contributed by atoms with Crippen LogP contribution in [-0.2, 0) is 0 Å². The maximum Gasteiger partial charge on any atom is 0.509 e. The zero-order chi connectivity index (χ0) is 10.8. The first-order valence-corrected chi connectivity index (χ1v) is 4.38. The lowest BCUT2D eigenvalue weighted by molar-refractivity contribution is 0.340. The molecule has 1 aromatic rings. The second-order valence-corrected chi connectivity index (χ2v) is 3.03. The summed E-state index contributed by atoms with van der Waals surface area (Å²) in [4.78, 5) is 0. The summed E-state index contributed by atoms with van der Waals surface area (Å²) in [5.41, 5.74) is -0.336. The normalized spacial score (nSPS) is 11.5. The second-order valence-electron chi connectivity index (χ2n) is 3.03. The number of hydrogen-bond acceptors (Lipinski definition) is 1. The number of ether oxygens (including phenoxy) is 1. The van der Waals surface area contributed by atoms with Crippen LogP contribution in [0.25, 0.3) is 0 Å². The van der Waals surface area contributed by atoms with Crippen LogP contribution in [0.15, 0.2) is 18.2 Å². The Bertz CT molecular complexity index is 322. The van der Waals surface area contributed by atoms with E-state index in [0.717, 1.165) is 6.07 Å². The third kappa shape index (κ3) is 2.43. The predicted molar refractivity (Wildman–Crippen MR) is 51.1 cm³/mol. The molecule has 0 spiro atoms. The fourth-order valence-corrected chi connectivity index (χ4v) is 1.27. The summed E-state index contributed by atoms with van der Waals surface area (Å²) in [7, 11) is 0. The second kappa shape index (κ2) is 3.94. The van der Waals surface area contributed by atoms with E-state index in [1.54, 1.807) is 6.92 Å². The molecule has 0 saturated heterocycles. The third-order valence-corrected chi connectivity index (χ3v) is 1.90. The lowest BCUT2D eigenvalue weighted by Gasteiger charge is -2.18. The average molecular weight is 203 g/mol. The predicted octanol–water partition coefficient (Wildman–Crippen LogP) is 2.45. The van der Waals surface area contributed by atoms with E-state index in [1.807, 2.05) is 0 Å². The summed E-state index contributed by atoms with van der Waals surface area (Å²) in [6, 6.07) is 3.83. The Balaban J connectivity index is 3.02. The van der Waals surface area contributed by atoms with Crippen molar-refractivity contribution in [2.75, 3.05) is 6.61 Å². The van der Waals surface area contributed by atoms with Crippen LogP contribution >= 0.6 is 0 Å². The van der Waals surface area contributed by atoms with E-state index < -0.39 is 12.4 Å². The fourth-order valence-electron chi connectivity index (χ4n) is 1.27. The molecule has 0 atom stereocenters. The topological polar surface area (TPSA) is 9.23 Å². The van der Waals surface area contributed by atoms with Crippen molar-refractivity contribution in [2.24, 2.45) is 0 Å². The quantitative estimate of drug-likeness (QED) is 0.685. The minimum atomic E-state index is -4.91. The molecule has 0 radical (unpaired) electrons. The van der Waals surface area contributed by atoms with Gasteiger partial charge in [-0.25, -0.2) is 0 Å². The van der Waals surface area contributed by atoms with Gasteiger partial charge in [-0.1, -0.05) is 11.6 Å². The third-order valence-electron chi connectivity index (χ3n) is 1.90. The SMILES string of the molecule is CCOc1ccc([B-](F)(F)F)c(C)c1. The molecule has 0 unspecified atom stereocenters. The molecule has 0 bridgehead atoms. The van der Waals surface area contributed by atoms with Crippen LogP contribution in [0.2, 0.25) is 0 Å². The zero-order valence-corrected chi connectivity index (χ0v) is 8.06. The molecule has 14 heavy (non-hydrogen) atoms. The van der Waals surface area contributed by atoms with Crippen molar-refractivity contribution in [1.29, 1.82) is 0 Å². The van der Waals surface area contributed by atoms with Crippen LogP contribution in [0, 0.1) is 6.92 Å². The smallest absolute Gasteiger partial charge is 0.494 e. The fraction of sp³-hybridized carbons (Fsp3) is 0.333. The monoisotopic (exact) mass is 203 g/mol. The number of halogens is 3.